The third kappa shape index (κ3) is 4.91. The lowest BCUT2D eigenvalue weighted by Crippen LogP contribution is -2.45. The van der Waals surface area contributed by atoms with Crippen LogP contribution in [0.4, 0.5) is 16.3 Å². The molecule has 0 saturated carbocycles. The van der Waals surface area contributed by atoms with E-state index < -0.39 is 21.1 Å². The molecule has 0 amide bonds. The Balaban J connectivity index is 1.54. The molecule has 0 aliphatic carbocycles. The van der Waals surface area contributed by atoms with Crippen molar-refractivity contribution in [2.24, 2.45) is 0 Å². The molecule has 3 aromatic heterocycles. The number of ether oxygens (including phenoxy) is 2. The quantitative estimate of drug-likeness (QED) is 0.349. The number of nitrogens with one attached hydrogen (secondary N) is 1. The Bertz CT molecular complexity index is 1500. The minimum absolute atomic E-state index is 0.0922. The third-order valence-electron chi connectivity index (χ3n) is 6.00. The number of halogens is 1. The first kappa shape index (κ1) is 25.3. The number of hydrogen-bond acceptors (Lipinski definition) is 11. The van der Waals surface area contributed by atoms with Crippen molar-refractivity contribution in [3.63, 3.8) is 0 Å². The van der Waals surface area contributed by atoms with Crippen LogP contribution in [0.5, 0.6) is 11.8 Å². The summed E-state index contributed by atoms with van der Waals surface area (Å²) >= 11 is 0. The van der Waals surface area contributed by atoms with Gasteiger partial charge in [-0.25, -0.2) is 22.8 Å². The minimum atomic E-state index is -3.99. The van der Waals surface area contributed by atoms with Gasteiger partial charge in [0.25, 0.3) is 0 Å². The minimum Gasteiger partial charge on any atom is -0.479 e. The molecular weight excluding hydrogens is 517 g/mol. The van der Waals surface area contributed by atoms with Crippen molar-refractivity contribution in [3.8, 4) is 28.8 Å². The number of methoxy groups -OCH3 is 2. The Kier molecular flexibility index (Phi) is 7.00. The maximum atomic E-state index is 13.6. The van der Waals surface area contributed by atoms with Crippen molar-refractivity contribution in [2.45, 2.75) is 18.1 Å². The van der Waals surface area contributed by atoms with Crippen molar-refractivity contribution in [2.75, 3.05) is 36.9 Å². The highest BCUT2D eigenvalue weighted by atomic mass is 32.2. The summed E-state index contributed by atoms with van der Waals surface area (Å²) in [5.74, 6) is 0.181. The fraction of sp³-hybridized carbons (Fsp3) is 0.304. The normalized spacial score (nSPS) is 15.8. The van der Waals surface area contributed by atoms with Crippen LogP contribution in [0.3, 0.4) is 0 Å². The lowest BCUT2D eigenvalue weighted by molar-refractivity contribution is 0.368. The Labute approximate surface area is 217 Å². The molecular formula is C23H24FN9O4S. The molecule has 5 rings (SSSR count). The second-order valence-electron chi connectivity index (χ2n) is 8.35. The van der Waals surface area contributed by atoms with E-state index in [1.165, 1.54) is 25.1 Å². The molecule has 4 aromatic rings. The first-order valence-electron chi connectivity index (χ1n) is 11.6. The van der Waals surface area contributed by atoms with Crippen molar-refractivity contribution < 1.29 is 22.3 Å². The summed E-state index contributed by atoms with van der Waals surface area (Å²) in [6, 6.07) is 9.11. The SMILES string of the molecule is COc1ncnc(OC)c1-n1c(NS(=O)(=O)C2CCCN(c3ncc(F)cn3)C2)nnc1-c1ccccc1. The van der Waals surface area contributed by atoms with Gasteiger partial charge in [0.05, 0.1) is 31.9 Å². The van der Waals surface area contributed by atoms with Gasteiger partial charge >= 0.3 is 0 Å². The largest absolute Gasteiger partial charge is 0.479 e. The topological polar surface area (TPSA) is 150 Å². The number of benzene rings is 1. The van der Waals surface area contributed by atoms with Gasteiger partial charge in [0.2, 0.25) is 33.7 Å². The molecule has 1 aliphatic rings. The molecule has 4 heterocycles. The number of aromatic nitrogens is 7. The number of rotatable bonds is 8. The molecule has 0 radical (unpaired) electrons. The third-order valence-corrected chi connectivity index (χ3v) is 7.73. The van der Waals surface area contributed by atoms with E-state index >= 15 is 0 Å². The number of nitrogens with zero attached hydrogens (tertiary/aromatic N) is 8. The fourth-order valence-corrected chi connectivity index (χ4v) is 5.63. The molecule has 13 nitrogen and oxygen atoms in total. The Morgan fingerprint density at radius 3 is 2.34 bits per heavy atom. The number of sulfonamides is 1. The molecule has 1 fully saturated rings. The molecule has 1 atom stereocenters. The molecule has 1 saturated heterocycles. The second-order valence-corrected chi connectivity index (χ2v) is 10.3. The van der Waals surface area contributed by atoms with Gasteiger partial charge in [-0.15, -0.1) is 10.2 Å². The lowest BCUT2D eigenvalue weighted by atomic mass is 10.1. The van der Waals surface area contributed by atoms with Crippen LogP contribution < -0.4 is 19.1 Å². The zero-order chi connectivity index (χ0) is 26.7. The summed E-state index contributed by atoms with van der Waals surface area (Å²) in [5.41, 5.74) is 0.889. The van der Waals surface area contributed by atoms with Crippen LogP contribution in [0, 0.1) is 5.82 Å². The number of anilines is 2. The molecule has 1 aliphatic heterocycles. The highest BCUT2D eigenvalue weighted by Gasteiger charge is 2.34. The summed E-state index contributed by atoms with van der Waals surface area (Å²) in [5, 5.41) is 7.60. The van der Waals surface area contributed by atoms with Crippen LogP contribution in [0.2, 0.25) is 0 Å². The molecule has 198 valence electrons. The number of hydrogen-bond donors (Lipinski definition) is 1. The second kappa shape index (κ2) is 10.5. The van der Waals surface area contributed by atoms with Crippen LogP contribution >= 0.6 is 0 Å². The first-order chi connectivity index (χ1) is 18.4. The lowest BCUT2D eigenvalue weighted by Gasteiger charge is -2.32. The Hall–Kier alpha value is -4.40. The molecule has 0 spiro atoms. The zero-order valence-electron chi connectivity index (χ0n) is 20.5. The molecule has 1 aromatic carbocycles. The van der Waals surface area contributed by atoms with Crippen LogP contribution in [0.1, 0.15) is 12.8 Å². The van der Waals surface area contributed by atoms with Crippen molar-refractivity contribution >= 4 is 21.9 Å². The van der Waals surface area contributed by atoms with E-state index in [-0.39, 0.29) is 35.9 Å². The Morgan fingerprint density at radius 2 is 1.68 bits per heavy atom. The monoisotopic (exact) mass is 541 g/mol. The number of piperidine rings is 1. The van der Waals surface area contributed by atoms with Crippen LogP contribution in [0.15, 0.2) is 49.1 Å². The smallest absolute Gasteiger partial charge is 0.245 e. The predicted octanol–water partition coefficient (Wildman–Crippen LogP) is 2.08. The summed E-state index contributed by atoms with van der Waals surface area (Å²) in [6.45, 7) is 0.656. The van der Waals surface area contributed by atoms with Gasteiger partial charge in [-0.2, -0.15) is 9.97 Å². The molecule has 1 unspecified atom stereocenters. The molecule has 1 N–H and O–H groups in total. The van der Waals surface area contributed by atoms with Gasteiger partial charge in [-0.05, 0) is 12.8 Å². The van der Waals surface area contributed by atoms with Gasteiger partial charge in [0.15, 0.2) is 17.3 Å². The summed E-state index contributed by atoms with van der Waals surface area (Å²) in [6.07, 6.45) is 4.34. The first-order valence-corrected chi connectivity index (χ1v) is 13.1. The van der Waals surface area contributed by atoms with E-state index in [4.69, 9.17) is 9.47 Å². The van der Waals surface area contributed by atoms with Gasteiger partial charge in [-0.3, -0.25) is 9.29 Å². The van der Waals surface area contributed by atoms with Gasteiger partial charge in [-0.1, -0.05) is 30.3 Å². The molecule has 15 heteroatoms. The fourth-order valence-electron chi connectivity index (χ4n) is 4.23. The predicted molar refractivity (Wildman–Crippen MR) is 135 cm³/mol. The highest BCUT2D eigenvalue weighted by Crippen LogP contribution is 2.35. The maximum absolute atomic E-state index is 13.6. The zero-order valence-corrected chi connectivity index (χ0v) is 21.3. The van der Waals surface area contributed by atoms with E-state index in [1.54, 1.807) is 4.90 Å². The molecule has 38 heavy (non-hydrogen) atoms. The van der Waals surface area contributed by atoms with E-state index in [0.29, 0.717) is 30.8 Å². The van der Waals surface area contributed by atoms with E-state index in [0.717, 1.165) is 12.4 Å². The van der Waals surface area contributed by atoms with Crippen LogP contribution in [-0.4, -0.2) is 75.7 Å². The van der Waals surface area contributed by atoms with E-state index in [9.17, 15) is 12.8 Å². The summed E-state index contributed by atoms with van der Waals surface area (Å²) in [7, 11) is -1.14. The van der Waals surface area contributed by atoms with E-state index in [1.807, 2.05) is 30.3 Å². The van der Waals surface area contributed by atoms with Crippen molar-refractivity contribution in [3.05, 3.63) is 54.9 Å². The summed E-state index contributed by atoms with van der Waals surface area (Å²) < 4.78 is 55.4. The van der Waals surface area contributed by atoms with Gasteiger partial charge in [0.1, 0.15) is 6.33 Å². The average Bonchev–Trinajstić information content (AvgIpc) is 3.35. The van der Waals surface area contributed by atoms with Crippen LogP contribution in [0.25, 0.3) is 17.1 Å². The van der Waals surface area contributed by atoms with Crippen molar-refractivity contribution in [1.82, 2.24) is 34.7 Å². The standard InChI is InChI=1S/C23H24FN9O4S/c1-36-20-18(21(37-2)28-14-27-20)33-19(15-7-4-3-5-8-15)29-30-23(33)31-38(34,35)17-9-6-10-32(13-17)22-25-11-16(24)12-26-22/h3-5,7-8,11-12,14,17H,6,9-10,13H2,1-2H3,(H,30,31). The maximum Gasteiger partial charge on any atom is 0.245 e. The van der Waals surface area contributed by atoms with Crippen LogP contribution in [-0.2, 0) is 10.0 Å². The highest BCUT2D eigenvalue weighted by molar-refractivity contribution is 7.93. The Morgan fingerprint density at radius 1 is 1.00 bits per heavy atom. The van der Waals surface area contributed by atoms with E-state index in [2.05, 4.69) is 34.9 Å². The summed E-state index contributed by atoms with van der Waals surface area (Å²) in [4.78, 5) is 18.0. The van der Waals surface area contributed by atoms with Gasteiger partial charge in [0, 0.05) is 18.7 Å². The average molecular weight is 542 g/mol. The van der Waals surface area contributed by atoms with Crippen molar-refractivity contribution in [1.29, 1.82) is 0 Å². The van der Waals surface area contributed by atoms with Gasteiger partial charge < -0.3 is 14.4 Å². The molecule has 0 bridgehead atoms.